The molecule has 1 rings (SSSR count). The summed E-state index contributed by atoms with van der Waals surface area (Å²) < 4.78 is 1.09. The summed E-state index contributed by atoms with van der Waals surface area (Å²) in [6.45, 7) is 2.02. The number of halogens is 1. The maximum atomic E-state index is 3.31. The van der Waals surface area contributed by atoms with E-state index in [9.17, 15) is 0 Å². The molecule has 0 bridgehead atoms. The van der Waals surface area contributed by atoms with Crippen molar-refractivity contribution in [2.75, 3.05) is 0 Å². The van der Waals surface area contributed by atoms with Crippen LogP contribution in [0.15, 0.2) is 22.7 Å². The fourth-order valence-corrected chi connectivity index (χ4v) is 0.730. The van der Waals surface area contributed by atoms with Crippen LogP contribution in [0, 0.1) is 13.0 Å². The molecule has 0 nitrogen and oxygen atoms in total. The van der Waals surface area contributed by atoms with Crippen molar-refractivity contribution in [3.8, 4) is 0 Å². The molecule has 0 heterocycles. The van der Waals surface area contributed by atoms with Crippen molar-refractivity contribution in [1.82, 2.24) is 0 Å². The van der Waals surface area contributed by atoms with Crippen LogP contribution in [-0.2, 0) is 32.7 Å². The molecule has 0 aromatic heterocycles. The van der Waals surface area contributed by atoms with Gasteiger partial charge in [-0.1, -0.05) is 11.4 Å². The van der Waals surface area contributed by atoms with Gasteiger partial charge in [-0.15, -0.1) is 15.9 Å². The van der Waals surface area contributed by atoms with Gasteiger partial charge in [0.25, 0.3) is 0 Å². The van der Waals surface area contributed by atoms with E-state index in [-0.39, 0.29) is 32.7 Å². The van der Waals surface area contributed by atoms with Crippen LogP contribution >= 0.6 is 15.9 Å². The predicted molar refractivity (Wildman–Crippen MR) is 37.7 cm³/mol. The first-order valence-corrected chi connectivity index (χ1v) is 3.22. The van der Waals surface area contributed by atoms with E-state index in [1.54, 1.807) is 0 Å². The van der Waals surface area contributed by atoms with Crippen molar-refractivity contribution in [3.05, 3.63) is 34.3 Å². The Kier molecular flexibility index (Phi) is 5.00. The third-order valence-corrected chi connectivity index (χ3v) is 1.42. The second-order valence-electron chi connectivity index (χ2n) is 1.69. The van der Waals surface area contributed by atoms with Crippen LogP contribution in [0.1, 0.15) is 5.56 Å². The molecule has 45 valence electrons. The average Bonchev–Trinajstić information content (AvgIpc) is 1.77. The number of rotatable bonds is 0. The molecule has 0 aliphatic rings. The summed E-state index contributed by atoms with van der Waals surface area (Å²) in [4.78, 5) is 0. The van der Waals surface area contributed by atoms with Crippen LogP contribution in [0.25, 0.3) is 0 Å². The van der Waals surface area contributed by atoms with Crippen molar-refractivity contribution in [2.24, 2.45) is 0 Å². The largest absolute Gasteiger partial charge is 0.180 e. The standard InChI is InChI=1S/C7H6Br.Y/c1-6-2-4-7(8)5-3-6;/h2,4-5H,1H3;/q-1;. The normalized spacial score (nSPS) is 8.22. The molecule has 9 heavy (non-hydrogen) atoms. The van der Waals surface area contributed by atoms with Gasteiger partial charge in [-0.2, -0.15) is 29.8 Å². The summed E-state index contributed by atoms with van der Waals surface area (Å²) in [6, 6.07) is 8.99. The zero-order valence-electron chi connectivity index (χ0n) is 5.19. The molecule has 0 spiro atoms. The predicted octanol–water partition coefficient (Wildman–Crippen LogP) is 2.56. The minimum absolute atomic E-state index is 0. The number of aryl methyl sites for hydroxylation is 1. The summed E-state index contributed by atoms with van der Waals surface area (Å²) in [5.74, 6) is 0. The number of benzene rings is 1. The first-order chi connectivity index (χ1) is 3.79. The van der Waals surface area contributed by atoms with Gasteiger partial charge in [-0.3, -0.25) is 0 Å². The van der Waals surface area contributed by atoms with Crippen LogP contribution in [0.5, 0.6) is 0 Å². The van der Waals surface area contributed by atoms with E-state index in [1.807, 2.05) is 25.1 Å². The van der Waals surface area contributed by atoms with Gasteiger partial charge in [-0.05, 0) is 0 Å². The van der Waals surface area contributed by atoms with E-state index in [4.69, 9.17) is 0 Å². The van der Waals surface area contributed by atoms with E-state index in [2.05, 4.69) is 22.0 Å². The van der Waals surface area contributed by atoms with Crippen LogP contribution in [0.3, 0.4) is 0 Å². The molecule has 0 fully saturated rings. The minimum atomic E-state index is 0. The SMILES string of the molecule is Cc1[c-]cc(Br)cc1.[Y]. The molecular weight excluding hydrogens is 253 g/mol. The minimum Gasteiger partial charge on any atom is -0.180 e. The summed E-state index contributed by atoms with van der Waals surface area (Å²) in [7, 11) is 0. The molecule has 0 aliphatic heterocycles. The molecule has 1 aromatic rings. The Labute approximate surface area is 89.0 Å². The summed E-state index contributed by atoms with van der Waals surface area (Å²) >= 11 is 3.31. The fourth-order valence-electron chi connectivity index (χ4n) is 0.484. The smallest absolute Gasteiger partial charge is 0 e. The second-order valence-corrected chi connectivity index (χ2v) is 2.61. The van der Waals surface area contributed by atoms with E-state index < -0.39 is 0 Å². The Morgan fingerprint density at radius 3 is 2.44 bits per heavy atom. The number of hydrogen-bond donors (Lipinski definition) is 0. The topological polar surface area (TPSA) is 0 Å². The van der Waals surface area contributed by atoms with Crippen molar-refractivity contribution in [1.29, 1.82) is 0 Å². The van der Waals surface area contributed by atoms with Gasteiger partial charge in [0, 0.05) is 32.7 Å². The Balaban J connectivity index is 0.000000640. The van der Waals surface area contributed by atoms with Crippen molar-refractivity contribution >= 4 is 15.9 Å². The molecule has 0 atom stereocenters. The molecule has 0 saturated carbocycles. The Morgan fingerprint density at radius 2 is 2.11 bits per heavy atom. The van der Waals surface area contributed by atoms with Crippen molar-refractivity contribution in [2.45, 2.75) is 6.92 Å². The average molecular weight is 259 g/mol. The van der Waals surface area contributed by atoms with Crippen LogP contribution in [-0.4, -0.2) is 0 Å². The maximum Gasteiger partial charge on any atom is 0 e. The number of hydrogen-bond acceptors (Lipinski definition) is 0. The van der Waals surface area contributed by atoms with E-state index in [0.717, 1.165) is 4.47 Å². The van der Waals surface area contributed by atoms with E-state index >= 15 is 0 Å². The third-order valence-electron chi connectivity index (χ3n) is 0.930. The first kappa shape index (κ1) is 9.80. The van der Waals surface area contributed by atoms with Crippen molar-refractivity contribution < 1.29 is 32.7 Å². The van der Waals surface area contributed by atoms with Gasteiger partial charge < -0.3 is 0 Å². The third kappa shape index (κ3) is 3.49. The van der Waals surface area contributed by atoms with Crippen LogP contribution in [0.4, 0.5) is 0 Å². The Morgan fingerprint density at radius 1 is 1.44 bits per heavy atom. The van der Waals surface area contributed by atoms with Gasteiger partial charge >= 0.3 is 0 Å². The van der Waals surface area contributed by atoms with Gasteiger partial charge in [0.15, 0.2) is 0 Å². The molecule has 2 heteroatoms. The molecule has 0 unspecified atom stereocenters. The van der Waals surface area contributed by atoms with E-state index in [1.165, 1.54) is 5.56 Å². The van der Waals surface area contributed by atoms with Gasteiger partial charge in [0.1, 0.15) is 0 Å². The zero-order valence-corrected chi connectivity index (χ0v) is 9.61. The first-order valence-electron chi connectivity index (χ1n) is 2.43. The Hall–Kier alpha value is 0.804. The summed E-state index contributed by atoms with van der Waals surface area (Å²) in [5, 5.41) is 0. The van der Waals surface area contributed by atoms with Gasteiger partial charge in [0.05, 0.1) is 0 Å². The monoisotopic (exact) mass is 258 g/mol. The molecule has 1 aromatic carbocycles. The maximum absolute atomic E-state index is 3.31. The molecule has 0 saturated heterocycles. The molecular formula is C7H6BrY-. The van der Waals surface area contributed by atoms with Crippen LogP contribution in [0.2, 0.25) is 0 Å². The fraction of sp³-hybridized carbons (Fsp3) is 0.143. The quantitative estimate of drug-likeness (QED) is 0.628. The van der Waals surface area contributed by atoms with Gasteiger partial charge in [-0.25, -0.2) is 0 Å². The molecule has 1 radical (unpaired) electrons. The second kappa shape index (κ2) is 4.59. The summed E-state index contributed by atoms with van der Waals surface area (Å²) in [5.41, 5.74) is 1.17. The summed E-state index contributed by atoms with van der Waals surface area (Å²) in [6.07, 6.45) is 0. The van der Waals surface area contributed by atoms with E-state index in [0.29, 0.717) is 0 Å². The zero-order chi connectivity index (χ0) is 5.98. The van der Waals surface area contributed by atoms with Crippen molar-refractivity contribution in [3.63, 3.8) is 0 Å². The van der Waals surface area contributed by atoms with Crippen LogP contribution < -0.4 is 0 Å². The Bertz CT molecular complexity index is 148. The van der Waals surface area contributed by atoms with Gasteiger partial charge in [0.2, 0.25) is 0 Å². The molecule has 0 N–H and O–H groups in total. The molecule has 0 aliphatic carbocycles. The molecule has 0 amide bonds.